The van der Waals surface area contributed by atoms with Crippen LogP contribution < -0.4 is 11.1 Å². The summed E-state index contributed by atoms with van der Waals surface area (Å²) in [5.74, 6) is -0.811. The van der Waals surface area contributed by atoms with E-state index in [1.54, 1.807) is 4.90 Å². The number of H-pyrrole nitrogens is 1. The number of ether oxygens (including phenoxy) is 1. The summed E-state index contributed by atoms with van der Waals surface area (Å²) in [5, 5.41) is 0. The molecular formula is C14H14FN3O4. The van der Waals surface area contributed by atoms with Crippen molar-refractivity contribution >= 4 is 16.9 Å². The molecule has 1 saturated heterocycles. The minimum Gasteiger partial charge on any atom is -0.378 e. The molecule has 7 nitrogen and oxygen atoms in total. The molecule has 1 N–H and O–H groups in total. The van der Waals surface area contributed by atoms with Gasteiger partial charge >= 0.3 is 11.1 Å². The first-order valence-corrected chi connectivity index (χ1v) is 6.84. The third kappa shape index (κ3) is 2.64. The molecule has 0 aliphatic carbocycles. The molecule has 22 heavy (non-hydrogen) atoms. The Kier molecular flexibility index (Phi) is 3.76. The molecule has 1 aliphatic heterocycles. The normalized spacial score (nSPS) is 15.2. The maximum Gasteiger partial charge on any atom is 0.317 e. The number of hydrogen-bond acceptors (Lipinski definition) is 4. The molecule has 0 bridgehead atoms. The molecule has 3 rings (SSSR count). The number of aromatic amines is 1. The Morgan fingerprint density at radius 3 is 2.73 bits per heavy atom. The maximum absolute atomic E-state index is 13.3. The lowest BCUT2D eigenvalue weighted by Crippen LogP contribution is -2.45. The lowest BCUT2D eigenvalue weighted by molar-refractivity contribution is -0.135. The number of carbonyl (C=O) groups is 1. The van der Waals surface area contributed by atoms with Crippen molar-refractivity contribution in [2.75, 3.05) is 26.3 Å². The van der Waals surface area contributed by atoms with Crippen LogP contribution in [0.4, 0.5) is 4.39 Å². The molecule has 1 aliphatic rings. The molecule has 1 amide bonds. The Hall–Kier alpha value is -2.48. The number of nitrogens with zero attached hydrogens (tertiary/aromatic N) is 2. The van der Waals surface area contributed by atoms with Gasteiger partial charge in [0.05, 0.1) is 24.2 Å². The number of fused-ring (bicyclic) bond motifs is 1. The molecule has 1 fully saturated rings. The highest BCUT2D eigenvalue weighted by molar-refractivity contribution is 5.80. The Morgan fingerprint density at radius 2 is 2.00 bits per heavy atom. The lowest BCUT2D eigenvalue weighted by Gasteiger charge is -2.27. The van der Waals surface area contributed by atoms with Gasteiger partial charge in [-0.25, -0.2) is 4.39 Å². The van der Waals surface area contributed by atoms with Gasteiger partial charge in [0.2, 0.25) is 5.91 Å². The fourth-order valence-electron chi connectivity index (χ4n) is 2.46. The highest BCUT2D eigenvalue weighted by Crippen LogP contribution is 2.11. The van der Waals surface area contributed by atoms with Gasteiger partial charge in [0.25, 0.3) is 0 Å². The third-order valence-corrected chi connectivity index (χ3v) is 3.59. The van der Waals surface area contributed by atoms with E-state index >= 15 is 0 Å². The van der Waals surface area contributed by atoms with Gasteiger partial charge in [0.1, 0.15) is 12.4 Å². The predicted octanol–water partition coefficient (Wildman–Crippen LogP) is -0.312. The molecule has 1 aromatic carbocycles. The predicted molar refractivity (Wildman–Crippen MR) is 76.2 cm³/mol. The van der Waals surface area contributed by atoms with Crippen LogP contribution in [-0.4, -0.2) is 46.7 Å². The van der Waals surface area contributed by atoms with Gasteiger partial charge in [0.15, 0.2) is 0 Å². The number of nitrogens with one attached hydrogen (secondary N) is 1. The number of aromatic nitrogens is 2. The largest absolute Gasteiger partial charge is 0.378 e. The van der Waals surface area contributed by atoms with Gasteiger partial charge in [0, 0.05) is 13.1 Å². The average Bonchev–Trinajstić information content (AvgIpc) is 2.52. The van der Waals surface area contributed by atoms with Crippen molar-refractivity contribution in [1.29, 1.82) is 0 Å². The Morgan fingerprint density at radius 1 is 1.27 bits per heavy atom. The Labute approximate surface area is 123 Å². The summed E-state index contributed by atoms with van der Waals surface area (Å²) in [4.78, 5) is 39.8. The van der Waals surface area contributed by atoms with Gasteiger partial charge in [-0.1, -0.05) is 0 Å². The molecule has 116 valence electrons. The Balaban J connectivity index is 2.02. The number of carbonyl (C=O) groups excluding carboxylic acids is 1. The van der Waals surface area contributed by atoms with E-state index in [0.29, 0.717) is 31.8 Å². The highest BCUT2D eigenvalue weighted by atomic mass is 19.1. The van der Waals surface area contributed by atoms with E-state index in [1.165, 1.54) is 12.1 Å². The van der Waals surface area contributed by atoms with E-state index < -0.39 is 16.9 Å². The zero-order chi connectivity index (χ0) is 15.7. The third-order valence-electron chi connectivity index (χ3n) is 3.59. The molecule has 2 heterocycles. The molecule has 0 unspecified atom stereocenters. The Bertz CT molecular complexity index is 836. The van der Waals surface area contributed by atoms with Gasteiger partial charge in [-0.2, -0.15) is 0 Å². The molecular weight excluding hydrogens is 293 g/mol. The van der Waals surface area contributed by atoms with Crippen molar-refractivity contribution in [2.24, 2.45) is 0 Å². The van der Waals surface area contributed by atoms with Crippen LogP contribution in [0.25, 0.3) is 11.0 Å². The van der Waals surface area contributed by atoms with Crippen LogP contribution in [0.15, 0.2) is 27.8 Å². The van der Waals surface area contributed by atoms with Crippen molar-refractivity contribution < 1.29 is 13.9 Å². The zero-order valence-corrected chi connectivity index (χ0v) is 11.7. The van der Waals surface area contributed by atoms with Crippen molar-refractivity contribution in [3.8, 4) is 0 Å². The first kappa shape index (κ1) is 14.5. The zero-order valence-electron chi connectivity index (χ0n) is 11.7. The number of amides is 1. The molecule has 1 aromatic heterocycles. The summed E-state index contributed by atoms with van der Waals surface area (Å²) in [5.41, 5.74) is -1.22. The van der Waals surface area contributed by atoms with Crippen LogP contribution in [0.5, 0.6) is 0 Å². The quantitative estimate of drug-likeness (QED) is 0.771. The van der Waals surface area contributed by atoms with E-state index in [0.717, 1.165) is 10.6 Å². The van der Waals surface area contributed by atoms with Crippen LogP contribution >= 0.6 is 0 Å². The average molecular weight is 307 g/mol. The van der Waals surface area contributed by atoms with E-state index in [2.05, 4.69) is 4.98 Å². The smallest absolute Gasteiger partial charge is 0.317 e. The summed E-state index contributed by atoms with van der Waals surface area (Å²) >= 11 is 0. The maximum atomic E-state index is 13.3. The molecule has 0 saturated carbocycles. The summed E-state index contributed by atoms with van der Waals surface area (Å²) < 4.78 is 19.5. The van der Waals surface area contributed by atoms with Crippen LogP contribution in [0.1, 0.15) is 0 Å². The van der Waals surface area contributed by atoms with Gasteiger partial charge in [-0.15, -0.1) is 0 Å². The number of halogens is 1. The molecule has 8 heteroatoms. The van der Waals surface area contributed by atoms with Crippen LogP contribution in [-0.2, 0) is 16.1 Å². The van der Waals surface area contributed by atoms with Crippen LogP contribution in [0.2, 0.25) is 0 Å². The topological polar surface area (TPSA) is 84.4 Å². The number of hydrogen-bond donors (Lipinski definition) is 1. The first-order chi connectivity index (χ1) is 10.6. The van der Waals surface area contributed by atoms with Crippen LogP contribution in [0, 0.1) is 5.82 Å². The molecule has 0 spiro atoms. The second-order valence-electron chi connectivity index (χ2n) is 5.00. The summed E-state index contributed by atoms with van der Waals surface area (Å²) in [7, 11) is 0. The number of rotatable bonds is 2. The molecule has 0 radical (unpaired) electrons. The van der Waals surface area contributed by atoms with Gasteiger partial charge < -0.3 is 14.6 Å². The van der Waals surface area contributed by atoms with Gasteiger partial charge in [-0.3, -0.25) is 19.0 Å². The second kappa shape index (κ2) is 5.72. The highest BCUT2D eigenvalue weighted by Gasteiger charge is 2.19. The van der Waals surface area contributed by atoms with E-state index in [4.69, 9.17) is 4.74 Å². The standard InChI is InChI=1S/C14H14FN3O4/c15-9-1-2-11-10(7-9)16-13(20)14(21)18(11)8-12(19)17-3-5-22-6-4-17/h1-2,7H,3-6,8H2,(H,16,20). The van der Waals surface area contributed by atoms with Crippen molar-refractivity contribution in [2.45, 2.75) is 6.54 Å². The summed E-state index contributed by atoms with van der Waals surface area (Å²) in [6.45, 7) is 1.53. The van der Waals surface area contributed by atoms with E-state index in [1.807, 2.05) is 0 Å². The lowest BCUT2D eigenvalue weighted by atomic mass is 10.2. The van der Waals surface area contributed by atoms with Gasteiger partial charge in [-0.05, 0) is 18.2 Å². The first-order valence-electron chi connectivity index (χ1n) is 6.84. The molecule has 2 aromatic rings. The second-order valence-corrected chi connectivity index (χ2v) is 5.00. The monoisotopic (exact) mass is 307 g/mol. The fraction of sp³-hybridized carbons (Fsp3) is 0.357. The van der Waals surface area contributed by atoms with Crippen molar-refractivity contribution in [3.05, 3.63) is 44.7 Å². The number of morpholine rings is 1. The minimum absolute atomic E-state index is 0.180. The van der Waals surface area contributed by atoms with E-state index in [9.17, 15) is 18.8 Å². The van der Waals surface area contributed by atoms with E-state index in [-0.39, 0.29) is 18.0 Å². The van der Waals surface area contributed by atoms with Crippen molar-refractivity contribution in [1.82, 2.24) is 14.5 Å². The molecule has 0 atom stereocenters. The SMILES string of the molecule is O=C(Cn1c(=O)c(=O)[nH]c2cc(F)ccc21)N1CCOCC1. The fourth-order valence-corrected chi connectivity index (χ4v) is 2.46. The summed E-state index contributed by atoms with van der Waals surface area (Å²) in [6, 6.07) is 3.66. The number of benzene rings is 1. The minimum atomic E-state index is -0.882. The van der Waals surface area contributed by atoms with Crippen molar-refractivity contribution in [3.63, 3.8) is 0 Å². The van der Waals surface area contributed by atoms with Crippen LogP contribution in [0.3, 0.4) is 0 Å². The summed E-state index contributed by atoms with van der Waals surface area (Å²) in [6.07, 6.45) is 0.